The average molecular weight is 498 g/mol. The molecule has 1 aromatic carbocycles. The number of halogens is 2. The molecule has 36 heavy (non-hydrogen) atoms. The molecule has 0 bridgehead atoms. The number of benzene rings is 1. The Balaban J connectivity index is 1.48. The van der Waals surface area contributed by atoms with E-state index in [1.54, 1.807) is 33.8 Å². The quantitative estimate of drug-likeness (QED) is 0.675. The number of amides is 1. The van der Waals surface area contributed by atoms with Gasteiger partial charge in [-0.25, -0.2) is 24.5 Å². The minimum Gasteiger partial charge on any atom is -0.378 e. The third kappa shape index (κ3) is 4.40. The van der Waals surface area contributed by atoms with Crippen LogP contribution in [-0.4, -0.2) is 64.4 Å². The molecule has 11 heteroatoms. The Kier molecular flexibility index (Phi) is 6.13. The first-order chi connectivity index (χ1) is 17.1. The Hall–Kier alpha value is -3.57. The Bertz CT molecular complexity index is 1300. The van der Waals surface area contributed by atoms with Crippen molar-refractivity contribution in [1.82, 2.24) is 25.1 Å². The van der Waals surface area contributed by atoms with Crippen molar-refractivity contribution in [1.29, 1.82) is 0 Å². The van der Waals surface area contributed by atoms with Crippen LogP contribution in [-0.2, 0) is 10.3 Å². The van der Waals surface area contributed by atoms with Gasteiger partial charge in [-0.15, -0.1) is 0 Å². The normalized spacial score (nSPS) is 18.0. The third-order valence-electron chi connectivity index (χ3n) is 6.30. The highest BCUT2D eigenvalue weighted by Gasteiger charge is 2.30. The Labute approximate surface area is 208 Å². The number of fused-ring (bicyclic) bond motifs is 1. The van der Waals surface area contributed by atoms with Crippen molar-refractivity contribution in [3.63, 3.8) is 0 Å². The standard InChI is InChI=1S/C25H29F2N7O2/c1-15-9-19(26)20(31-24(35)18-13-29-34(23(18)27)25(2,3)4)12-17(15)16-10-21-28-14-30-33(21)22(11-16)32-5-7-36-8-6-32/h9-13,30H,5-8,14H2,1-4H3,(H,31,35). The van der Waals surface area contributed by atoms with Crippen molar-refractivity contribution in [2.45, 2.75) is 33.2 Å². The van der Waals surface area contributed by atoms with Crippen molar-refractivity contribution >= 4 is 23.0 Å². The summed E-state index contributed by atoms with van der Waals surface area (Å²) in [6.45, 7) is 10.3. The molecule has 0 spiro atoms. The average Bonchev–Trinajstić information content (AvgIpc) is 3.47. The molecule has 0 radical (unpaired) electrons. The molecule has 1 saturated heterocycles. The summed E-state index contributed by atoms with van der Waals surface area (Å²) in [5.41, 5.74) is 4.57. The number of allylic oxidation sites excluding steroid dienone is 2. The van der Waals surface area contributed by atoms with Gasteiger partial charge in [-0.1, -0.05) is 0 Å². The van der Waals surface area contributed by atoms with Crippen molar-refractivity contribution in [3.05, 3.63) is 64.8 Å². The van der Waals surface area contributed by atoms with Crippen molar-refractivity contribution in [3.8, 4) is 0 Å². The number of nitrogens with one attached hydrogen (secondary N) is 2. The molecular formula is C25H29F2N7O2. The van der Waals surface area contributed by atoms with Gasteiger partial charge in [-0.2, -0.15) is 9.49 Å². The van der Waals surface area contributed by atoms with Gasteiger partial charge in [0.2, 0.25) is 5.95 Å². The minimum atomic E-state index is -0.771. The molecule has 0 atom stereocenters. The van der Waals surface area contributed by atoms with Crippen LogP contribution in [0.25, 0.3) is 5.57 Å². The van der Waals surface area contributed by atoms with E-state index in [2.05, 4.69) is 25.7 Å². The molecule has 1 aromatic heterocycles. The predicted octanol–water partition coefficient (Wildman–Crippen LogP) is 3.22. The molecule has 9 nitrogen and oxygen atoms in total. The van der Waals surface area contributed by atoms with E-state index < -0.39 is 23.2 Å². The molecule has 0 unspecified atom stereocenters. The predicted molar refractivity (Wildman–Crippen MR) is 132 cm³/mol. The fourth-order valence-electron chi connectivity index (χ4n) is 4.44. The summed E-state index contributed by atoms with van der Waals surface area (Å²) in [6, 6.07) is 2.94. The van der Waals surface area contributed by atoms with Gasteiger partial charge >= 0.3 is 0 Å². The minimum absolute atomic E-state index is 0.0420. The number of ether oxygens (including phenoxy) is 1. The van der Waals surface area contributed by atoms with E-state index in [4.69, 9.17) is 4.74 Å². The van der Waals surface area contributed by atoms with Gasteiger partial charge in [0.05, 0.1) is 30.6 Å². The molecule has 3 aliphatic heterocycles. The number of carbonyl (C=O) groups excluding carboxylic acids is 1. The highest BCUT2D eigenvalue weighted by molar-refractivity contribution is 6.06. The zero-order valence-electron chi connectivity index (χ0n) is 20.7. The Morgan fingerprint density at radius 2 is 1.92 bits per heavy atom. The van der Waals surface area contributed by atoms with Gasteiger partial charge in [0.25, 0.3) is 5.91 Å². The van der Waals surface area contributed by atoms with Gasteiger partial charge in [-0.3, -0.25) is 4.79 Å². The summed E-state index contributed by atoms with van der Waals surface area (Å²) >= 11 is 0. The van der Waals surface area contributed by atoms with Crippen LogP contribution in [0.1, 0.15) is 42.3 Å². The molecule has 0 saturated carbocycles. The lowest BCUT2D eigenvalue weighted by Crippen LogP contribution is -2.47. The number of nitrogens with zero attached hydrogens (tertiary/aromatic N) is 5. The molecular weight excluding hydrogens is 468 g/mol. The second-order valence-electron chi connectivity index (χ2n) is 9.90. The SMILES string of the molecule is Cc1cc(F)c(NC(=O)c2cnn(C(C)(C)C)c2F)cc1C1=CC2=NCNN2C(N2CCOCC2)=C1. The number of hydrazine groups is 1. The highest BCUT2D eigenvalue weighted by Crippen LogP contribution is 2.32. The topological polar surface area (TPSA) is 87.0 Å². The van der Waals surface area contributed by atoms with E-state index in [0.717, 1.165) is 46.8 Å². The van der Waals surface area contributed by atoms with Gasteiger partial charge in [0.1, 0.15) is 29.7 Å². The third-order valence-corrected chi connectivity index (χ3v) is 6.30. The second-order valence-corrected chi connectivity index (χ2v) is 9.90. The smallest absolute Gasteiger partial charge is 0.262 e. The fraction of sp³-hybridized carbons (Fsp3) is 0.400. The monoisotopic (exact) mass is 497 g/mol. The Morgan fingerprint density at radius 3 is 2.61 bits per heavy atom. The van der Waals surface area contributed by atoms with Gasteiger partial charge in [0.15, 0.2) is 0 Å². The molecule has 1 fully saturated rings. The van der Waals surface area contributed by atoms with Crippen LogP contribution < -0.4 is 10.7 Å². The summed E-state index contributed by atoms with van der Waals surface area (Å²) in [6.07, 6.45) is 5.09. The van der Waals surface area contributed by atoms with Gasteiger partial charge < -0.3 is 15.0 Å². The first-order valence-electron chi connectivity index (χ1n) is 11.8. The lowest BCUT2D eigenvalue weighted by molar-refractivity contribution is 0.0411. The van der Waals surface area contributed by atoms with Crippen LogP contribution in [0, 0.1) is 18.7 Å². The fourth-order valence-corrected chi connectivity index (χ4v) is 4.44. The maximum atomic E-state index is 14.9. The van der Waals surface area contributed by atoms with Crippen LogP contribution in [0.5, 0.6) is 0 Å². The number of hydrogen-bond acceptors (Lipinski definition) is 7. The van der Waals surface area contributed by atoms with Gasteiger partial charge in [0, 0.05) is 13.1 Å². The number of aryl methyl sites for hydroxylation is 1. The molecule has 190 valence electrons. The first-order valence-corrected chi connectivity index (χ1v) is 11.8. The van der Waals surface area contributed by atoms with Crippen LogP contribution in [0.2, 0.25) is 0 Å². The summed E-state index contributed by atoms with van der Waals surface area (Å²) < 4.78 is 36.4. The first kappa shape index (κ1) is 24.1. The van der Waals surface area contributed by atoms with Crippen LogP contribution in [0.4, 0.5) is 14.5 Å². The van der Waals surface area contributed by atoms with E-state index in [1.807, 2.05) is 17.2 Å². The zero-order chi connectivity index (χ0) is 25.6. The number of carbonyl (C=O) groups is 1. The lowest BCUT2D eigenvalue weighted by Gasteiger charge is -2.37. The molecule has 4 heterocycles. The van der Waals surface area contributed by atoms with Crippen molar-refractivity contribution in [2.75, 3.05) is 38.3 Å². The highest BCUT2D eigenvalue weighted by atomic mass is 19.1. The summed E-state index contributed by atoms with van der Waals surface area (Å²) in [7, 11) is 0. The van der Waals surface area contributed by atoms with E-state index in [0.29, 0.717) is 25.4 Å². The van der Waals surface area contributed by atoms with Gasteiger partial charge in [-0.05, 0) is 68.7 Å². The maximum absolute atomic E-state index is 14.9. The number of morpholine rings is 1. The van der Waals surface area contributed by atoms with Crippen LogP contribution in [0.15, 0.2) is 41.3 Å². The molecule has 2 N–H and O–H groups in total. The molecule has 0 aliphatic carbocycles. The van der Waals surface area contributed by atoms with Crippen molar-refractivity contribution < 1.29 is 18.3 Å². The van der Waals surface area contributed by atoms with Crippen LogP contribution in [0.3, 0.4) is 0 Å². The zero-order valence-corrected chi connectivity index (χ0v) is 20.7. The summed E-state index contributed by atoms with van der Waals surface area (Å²) in [4.78, 5) is 19.6. The summed E-state index contributed by atoms with van der Waals surface area (Å²) in [5, 5.41) is 8.45. The lowest BCUT2D eigenvalue weighted by atomic mass is 9.96. The molecule has 5 rings (SSSR count). The van der Waals surface area contributed by atoms with E-state index >= 15 is 0 Å². The summed E-state index contributed by atoms with van der Waals surface area (Å²) in [5.74, 6) is -0.469. The largest absolute Gasteiger partial charge is 0.378 e. The van der Waals surface area contributed by atoms with E-state index in [-0.39, 0.29) is 11.3 Å². The van der Waals surface area contributed by atoms with Crippen molar-refractivity contribution in [2.24, 2.45) is 4.99 Å². The number of aromatic nitrogens is 2. The molecule has 3 aliphatic rings. The maximum Gasteiger partial charge on any atom is 0.262 e. The van der Waals surface area contributed by atoms with Crippen LogP contribution >= 0.6 is 0 Å². The second kappa shape index (κ2) is 9.14. The number of anilines is 1. The van der Waals surface area contributed by atoms with E-state index in [1.165, 1.54) is 6.07 Å². The Morgan fingerprint density at radius 1 is 1.17 bits per heavy atom. The van der Waals surface area contributed by atoms with E-state index in [9.17, 15) is 13.6 Å². The number of hydrogen-bond donors (Lipinski definition) is 2. The molecule has 2 aromatic rings. The number of rotatable bonds is 4. The number of aliphatic imine (C=N–C) groups is 1. The molecule has 1 amide bonds. The number of amidine groups is 1.